The Balaban J connectivity index is 1.46. The van der Waals surface area contributed by atoms with Gasteiger partial charge in [0.1, 0.15) is 0 Å². The number of benzene rings is 1. The summed E-state index contributed by atoms with van der Waals surface area (Å²) in [4.78, 5) is 6.26. The fraction of sp³-hybridized carbons (Fsp3) is 0.474. The van der Waals surface area contributed by atoms with E-state index in [0.29, 0.717) is 6.04 Å². The lowest BCUT2D eigenvalue weighted by Crippen LogP contribution is -2.50. The lowest BCUT2D eigenvalue weighted by molar-refractivity contribution is 0.0824. The Morgan fingerprint density at radius 3 is 2.95 bits per heavy atom. The van der Waals surface area contributed by atoms with Gasteiger partial charge in [-0.15, -0.1) is 0 Å². The number of nitrogens with one attached hydrogen (secondary N) is 1. The molecule has 2 aromatic rings. The van der Waals surface area contributed by atoms with E-state index in [-0.39, 0.29) is 0 Å². The minimum atomic E-state index is 0.685. The Bertz CT molecular complexity index is 621. The molecule has 2 aliphatic heterocycles. The number of rotatable bonds is 4. The number of hydrogen-bond acceptors (Lipinski definition) is 1. The maximum atomic E-state index is 3.56. The van der Waals surface area contributed by atoms with Crippen LogP contribution in [0, 0.1) is 11.8 Å². The van der Waals surface area contributed by atoms with Gasteiger partial charge in [0.2, 0.25) is 0 Å². The second kappa shape index (κ2) is 5.34. The predicted molar refractivity (Wildman–Crippen MR) is 88.4 cm³/mol. The summed E-state index contributed by atoms with van der Waals surface area (Å²) >= 11 is 0. The van der Waals surface area contributed by atoms with Gasteiger partial charge in [-0.1, -0.05) is 43.7 Å². The zero-order chi connectivity index (χ0) is 14.2. The zero-order valence-electron chi connectivity index (χ0n) is 12.8. The first-order valence-corrected chi connectivity index (χ1v) is 8.32. The van der Waals surface area contributed by atoms with E-state index in [1.54, 1.807) is 0 Å². The zero-order valence-corrected chi connectivity index (χ0v) is 12.8. The van der Waals surface area contributed by atoms with Gasteiger partial charge >= 0.3 is 0 Å². The summed E-state index contributed by atoms with van der Waals surface area (Å²) in [5.41, 5.74) is 2.63. The molecule has 5 rings (SSSR count). The number of aromatic nitrogens is 1. The summed E-state index contributed by atoms with van der Waals surface area (Å²) in [6.45, 7) is 4.78. The Labute approximate surface area is 126 Å². The summed E-state index contributed by atoms with van der Waals surface area (Å²) < 4.78 is 0. The molecule has 110 valence electrons. The van der Waals surface area contributed by atoms with Crippen molar-refractivity contribution in [1.29, 1.82) is 0 Å². The van der Waals surface area contributed by atoms with Crippen molar-refractivity contribution < 1.29 is 0 Å². The molecule has 1 aromatic carbocycles. The second-order valence-corrected chi connectivity index (χ2v) is 6.67. The highest BCUT2D eigenvalue weighted by atomic mass is 15.2. The van der Waals surface area contributed by atoms with Crippen LogP contribution >= 0.6 is 0 Å². The summed E-state index contributed by atoms with van der Waals surface area (Å²) in [6, 6.07) is 11.6. The fourth-order valence-electron chi connectivity index (χ4n) is 4.19. The third kappa shape index (κ3) is 2.42. The van der Waals surface area contributed by atoms with E-state index in [0.717, 1.165) is 18.3 Å². The van der Waals surface area contributed by atoms with E-state index in [1.165, 1.54) is 42.5 Å². The molecular weight excluding hydrogens is 256 g/mol. The molecule has 2 bridgehead atoms. The van der Waals surface area contributed by atoms with Gasteiger partial charge in [0.25, 0.3) is 0 Å². The van der Waals surface area contributed by atoms with Gasteiger partial charge in [0, 0.05) is 36.8 Å². The molecular formula is C19H24N2. The third-order valence-electron chi connectivity index (χ3n) is 5.34. The van der Waals surface area contributed by atoms with Crippen LogP contribution < -0.4 is 0 Å². The summed E-state index contributed by atoms with van der Waals surface area (Å²) in [5.74, 6) is 1.67. The number of hydrogen-bond donors (Lipinski definition) is 1. The highest BCUT2D eigenvalue weighted by molar-refractivity contribution is 5.80. The van der Waals surface area contributed by atoms with Gasteiger partial charge in [-0.2, -0.15) is 0 Å². The SMILES string of the molecule is CCC1CC2C=CC1N(CCc1cc3ccccc3[nH]1)C2. The molecule has 2 nitrogen and oxygen atoms in total. The lowest BCUT2D eigenvalue weighted by atomic mass is 9.76. The number of H-pyrrole nitrogens is 1. The average molecular weight is 280 g/mol. The van der Waals surface area contributed by atoms with Crippen LogP contribution in [0.25, 0.3) is 10.9 Å². The van der Waals surface area contributed by atoms with Crippen LogP contribution in [0.1, 0.15) is 25.5 Å². The van der Waals surface area contributed by atoms with Crippen molar-refractivity contribution in [2.75, 3.05) is 13.1 Å². The van der Waals surface area contributed by atoms with Crippen LogP contribution in [0.2, 0.25) is 0 Å². The van der Waals surface area contributed by atoms with Gasteiger partial charge < -0.3 is 4.98 Å². The molecule has 1 N–H and O–H groups in total. The largest absolute Gasteiger partial charge is 0.358 e. The summed E-state index contributed by atoms with van der Waals surface area (Å²) in [7, 11) is 0. The Hall–Kier alpha value is -1.54. The van der Waals surface area contributed by atoms with E-state index in [4.69, 9.17) is 0 Å². The molecule has 0 amide bonds. The number of nitrogens with zero attached hydrogens (tertiary/aromatic N) is 1. The van der Waals surface area contributed by atoms with Crippen molar-refractivity contribution in [3.05, 3.63) is 48.2 Å². The quantitative estimate of drug-likeness (QED) is 0.839. The normalized spacial score (nSPS) is 28.5. The second-order valence-electron chi connectivity index (χ2n) is 6.67. The van der Waals surface area contributed by atoms with E-state index < -0.39 is 0 Å². The number of aromatic amines is 1. The summed E-state index contributed by atoms with van der Waals surface area (Å²) in [5, 5.41) is 1.33. The van der Waals surface area contributed by atoms with E-state index in [2.05, 4.69) is 59.3 Å². The Kier molecular flexibility index (Phi) is 3.34. The van der Waals surface area contributed by atoms with Gasteiger partial charge in [0.05, 0.1) is 0 Å². The average Bonchev–Trinajstić information content (AvgIpc) is 2.96. The van der Waals surface area contributed by atoms with E-state index in [9.17, 15) is 0 Å². The van der Waals surface area contributed by atoms with E-state index in [1.807, 2.05) is 0 Å². The highest BCUT2D eigenvalue weighted by Gasteiger charge is 2.35. The molecule has 21 heavy (non-hydrogen) atoms. The first-order valence-electron chi connectivity index (χ1n) is 8.32. The maximum Gasteiger partial charge on any atom is 0.0456 e. The molecule has 3 aliphatic rings. The number of piperidine rings is 1. The standard InChI is InChI=1S/C19H24N2/c1-2-15-11-14-7-8-19(15)21(13-14)10-9-17-12-16-5-3-4-6-18(16)20-17/h3-8,12,14-15,19-20H,2,9-11,13H2,1H3. The lowest BCUT2D eigenvalue weighted by Gasteiger charge is -2.46. The van der Waals surface area contributed by atoms with Crippen LogP contribution in [0.5, 0.6) is 0 Å². The van der Waals surface area contributed by atoms with Crippen molar-refractivity contribution in [2.45, 2.75) is 32.2 Å². The van der Waals surface area contributed by atoms with Crippen molar-refractivity contribution in [3.8, 4) is 0 Å². The van der Waals surface area contributed by atoms with Crippen LogP contribution in [0.4, 0.5) is 0 Å². The molecule has 1 saturated heterocycles. The molecule has 2 heteroatoms. The molecule has 1 aliphatic carbocycles. The molecule has 0 radical (unpaired) electrons. The van der Waals surface area contributed by atoms with Crippen LogP contribution in [0.15, 0.2) is 42.5 Å². The first-order chi connectivity index (χ1) is 10.3. The van der Waals surface area contributed by atoms with Gasteiger partial charge in [0.15, 0.2) is 0 Å². The summed E-state index contributed by atoms with van der Waals surface area (Å²) in [6.07, 6.45) is 8.77. The molecule has 0 spiro atoms. The Morgan fingerprint density at radius 1 is 1.24 bits per heavy atom. The molecule has 0 saturated carbocycles. The minimum Gasteiger partial charge on any atom is -0.358 e. The molecule has 1 fully saturated rings. The van der Waals surface area contributed by atoms with Crippen molar-refractivity contribution in [3.63, 3.8) is 0 Å². The first kappa shape index (κ1) is 13.1. The highest BCUT2D eigenvalue weighted by Crippen LogP contribution is 2.36. The molecule has 3 heterocycles. The molecule has 3 atom stereocenters. The number of fused-ring (bicyclic) bond motifs is 3. The van der Waals surface area contributed by atoms with Crippen LogP contribution in [-0.2, 0) is 6.42 Å². The third-order valence-corrected chi connectivity index (χ3v) is 5.34. The van der Waals surface area contributed by atoms with Crippen molar-refractivity contribution >= 4 is 10.9 Å². The van der Waals surface area contributed by atoms with Gasteiger partial charge in [-0.25, -0.2) is 0 Å². The minimum absolute atomic E-state index is 0.685. The van der Waals surface area contributed by atoms with Crippen LogP contribution in [-0.4, -0.2) is 29.0 Å². The maximum absolute atomic E-state index is 3.56. The number of para-hydroxylation sites is 1. The van der Waals surface area contributed by atoms with Crippen LogP contribution in [0.3, 0.4) is 0 Å². The Morgan fingerprint density at radius 2 is 2.14 bits per heavy atom. The smallest absolute Gasteiger partial charge is 0.0456 e. The monoisotopic (exact) mass is 280 g/mol. The molecule has 1 aromatic heterocycles. The van der Waals surface area contributed by atoms with E-state index >= 15 is 0 Å². The van der Waals surface area contributed by atoms with Gasteiger partial charge in [-0.3, -0.25) is 4.90 Å². The van der Waals surface area contributed by atoms with Gasteiger partial charge in [-0.05, 0) is 35.8 Å². The fourth-order valence-corrected chi connectivity index (χ4v) is 4.19. The topological polar surface area (TPSA) is 19.0 Å². The van der Waals surface area contributed by atoms with Crippen molar-refractivity contribution in [1.82, 2.24) is 9.88 Å². The molecule has 3 unspecified atom stereocenters. The van der Waals surface area contributed by atoms with Crippen molar-refractivity contribution in [2.24, 2.45) is 11.8 Å². The predicted octanol–water partition coefficient (Wildman–Crippen LogP) is 4.00.